The van der Waals surface area contributed by atoms with Crippen LogP contribution in [0.2, 0.25) is 0 Å². The summed E-state index contributed by atoms with van der Waals surface area (Å²) in [6.07, 6.45) is 47.2. The molecule has 0 aliphatic heterocycles. The molecule has 8 nitrogen and oxygen atoms in total. The maximum absolute atomic E-state index is 12.6. The van der Waals surface area contributed by atoms with Gasteiger partial charge < -0.3 is 19.8 Å². The number of carbonyl (C=O) groups is 1. The number of hydrogen-bond acceptors (Lipinski definition) is 5. The van der Waals surface area contributed by atoms with Gasteiger partial charge in [0.15, 0.2) is 0 Å². The highest BCUT2D eigenvalue weighted by atomic mass is 31.2. The smallest absolute Gasteiger partial charge is 0.387 e. The number of likely N-dealkylation sites (N-methyl/N-ethyl adjacent to an activating group) is 1. The molecule has 0 aromatic carbocycles. The number of phosphoric acid groups is 1. The average molecular weight is 798 g/mol. The number of hydrogen-bond donors (Lipinski definition) is 3. The first-order chi connectivity index (χ1) is 26.5. The molecule has 0 fully saturated rings. The number of amides is 1. The van der Waals surface area contributed by atoms with E-state index >= 15 is 0 Å². The molecule has 3 N–H and O–H groups in total. The Hall–Kier alpha value is -1.28. The predicted molar refractivity (Wildman–Crippen MR) is 235 cm³/mol. The third kappa shape index (κ3) is 40.7. The van der Waals surface area contributed by atoms with Gasteiger partial charge in [0.2, 0.25) is 5.91 Å². The summed E-state index contributed by atoms with van der Waals surface area (Å²) < 4.78 is 23.4. The molecule has 0 aromatic rings. The molecular formula is C46H90N2O6P+. The minimum Gasteiger partial charge on any atom is -0.387 e. The van der Waals surface area contributed by atoms with Crippen molar-refractivity contribution in [3.63, 3.8) is 0 Å². The molecule has 324 valence electrons. The van der Waals surface area contributed by atoms with Gasteiger partial charge in [0.05, 0.1) is 39.9 Å². The summed E-state index contributed by atoms with van der Waals surface area (Å²) in [4.78, 5) is 22.8. The molecule has 0 radical (unpaired) electrons. The fourth-order valence-corrected chi connectivity index (χ4v) is 7.16. The van der Waals surface area contributed by atoms with E-state index in [4.69, 9.17) is 9.05 Å². The number of carbonyl (C=O) groups excluding carboxylic acids is 1. The number of rotatable bonds is 41. The number of nitrogens with one attached hydrogen (secondary N) is 1. The standard InChI is InChI=1S/C46H89N2O6P/c1-6-8-10-12-13-14-15-16-17-18-19-20-21-22-23-24-25-26-27-28-29-30-31-32-33-34-36-37-39-45(49)44(47-46(50)40-38-35-11-9-7-2)43-54-55(51,52)53-42-41-48(3,4)5/h28-29,32-33,37,39,44-45,49H,6-27,30-31,34-36,38,40-43H2,1-5H3,(H-,47,50,51,52)/p+1/b29-28+,33-32+,39-37+. The molecule has 0 aliphatic carbocycles. The van der Waals surface area contributed by atoms with Crippen molar-refractivity contribution in [2.75, 3.05) is 40.9 Å². The zero-order chi connectivity index (χ0) is 40.7. The van der Waals surface area contributed by atoms with Crippen LogP contribution in [-0.2, 0) is 18.4 Å². The quantitative estimate of drug-likeness (QED) is 0.0246. The molecule has 9 heteroatoms. The number of unbranched alkanes of at least 4 members (excludes halogenated alkanes) is 24. The number of phosphoric ester groups is 1. The van der Waals surface area contributed by atoms with E-state index in [0.717, 1.165) is 57.8 Å². The largest absolute Gasteiger partial charge is 0.472 e. The normalized spacial score (nSPS) is 14.7. The molecule has 55 heavy (non-hydrogen) atoms. The molecule has 0 heterocycles. The molecule has 1 amide bonds. The first kappa shape index (κ1) is 53.7. The van der Waals surface area contributed by atoms with Crippen molar-refractivity contribution in [1.82, 2.24) is 5.32 Å². The topological polar surface area (TPSA) is 105 Å². The van der Waals surface area contributed by atoms with Gasteiger partial charge >= 0.3 is 7.82 Å². The molecule has 0 saturated carbocycles. The molecule has 0 saturated heterocycles. The lowest BCUT2D eigenvalue weighted by Crippen LogP contribution is -2.45. The highest BCUT2D eigenvalue weighted by molar-refractivity contribution is 7.47. The Morgan fingerprint density at radius 2 is 1.00 bits per heavy atom. The van der Waals surface area contributed by atoms with Crippen molar-refractivity contribution in [1.29, 1.82) is 0 Å². The lowest BCUT2D eigenvalue weighted by atomic mass is 10.0. The predicted octanol–water partition coefficient (Wildman–Crippen LogP) is 12.7. The summed E-state index contributed by atoms with van der Waals surface area (Å²) in [5.41, 5.74) is 0. The first-order valence-electron chi connectivity index (χ1n) is 22.9. The van der Waals surface area contributed by atoms with Crippen LogP contribution in [0.3, 0.4) is 0 Å². The van der Waals surface area contributed by atoms with E-state index in [1.54, 1.807) is 6.08 Å². The van der Waals surface area contributed by atoms with E-state index in [9.17, 15) is 19.4 Å². The molecule has 0 spiro atoms. The average Bonchev–Trinajstić information content (AvgIpc) is 3.13. The van der Waals surface area contributed by atoms with Crippen LogP contribution >= 0.6 is 7.82 Å². The highest BCUT2D eigenvalue weighted by Gasteiger charge is 2.27. The summed E-state index contributed by atoms with van der Waals surface area (Å²) >= 11 is 0. The highest BCUT2D eigenvalue weighted by Crippen LogP contribution is 2.43. The van der Waals surface area contributed by atoms with Gasteiger partial charge in [0.25, 0.3) is 0 Å². The lowest BCUT2D eigenvalue weighted by Gasteiger charge is -2.25. The van der Waals surface area contributed by atoms with E-state index < -0.39 is 20.0 Å². The molecule has 3 atom stereocenters. The second-order valence-electron chi connectivity index (χ2n) is 16.8. The summed E-state index contributed by atoms with van der Waals surface area (Å²) in [5, 5.41) is 13.7. The maximum Gasteiger partial charge on any atom is 0.472 e. The van der Waals surface area contributed by atoms with Crippen LogP contribution in [0.15, 0.2) is 36.5 Å². The Kier molecular flexibility index (Phi) is 37.4. The molecular weight excluding hydrogens is 707 g/mol. The second-order valence-corrected chi connectivity index (χ2v) is 18.2. The first-order valence-corrected chi connectivity index (χ1v) is 24.4. The van der Waals surface area contributed by atoms with Crippen LogP contribution < -0.4 is 5.32 Å². The maximum atomic E-state index is 12.6. The Bertz CT molecular complexity index is 995. The van der Waals surface area contributed by atoms with E-state index in [1.165, 1.54) is 122 Å². The van der Waals surface area contributed by atoms with Crippen LogP contribution in [0.1, 0.15) is 200 Å². The van der Waals surface area contributed by atoms with E-state index in [-0.39, 0.29) is 19.1 Å². The monoisotopic (exact) mass is 798 g/mol. The molecule has 0 rings (SSSR count). The van der Waals surface area contributed by atoms with Crippen molar-refractivity contribution in [2.24, 2.45) is 0 Å². The third-order valence-corrected chi connectivity index (χ3v) is 11.1. The van der Waals surface area contributed by atoms with Gasteiger partial charge in [-0.25, -0.2) is 4.57 Å². The third-order valence-electron chi connectivity index (χ3n) is 10.1. The van der Waals surface area contributed by atoms with Crippen LogP contribution in [0.25, 0.3) is 0 Å². The minimum absolute atomic E-state index is 0.0535. The Labute approximate surface area is 340 Å². The second kappa shape index (κ2) is 38.2. The summed E-state index contributed by atoms with van der Waals surface area (Å²) in [6, 6.07) is -0.863. The zero-order valence-corrected chi connectivity index (χ0v) is 37.6. The summed E-state index contributed by atoms with van der Waals surface area (Å²) in [5.74, 6) is -0.205. The van der Waals surface area contributed by atoms with Gasteiger partial charge in [-0.1, -0.05) is 185 Å². The molecule has 0 bridgehead atoms. The van der Waals surface area contributed by atoms with Crippen molar-refractivity contribution in [2.45, 2.75) is 212 Å². The van der Waals surface area contributed by atoms with Crippen LogP contribution in [0.5, 0.6) is 0 Å². The Balaban J connectivity index is 4.11. The summed E-state index contributed by atoms with van der Waals surface area (Å²) in [6.45, 7) is 4.69. The molecule has 0 aliphatic rings. The van der Waals surface area contributed by atoms with Crippen molar-refractivity contribution in [3.05, 3.63) is 36.5 Å². The van der Waals surface area contributed by atoms with Gasteiger partial charge in [-0.15, -0.1) is 0 Å². The number of aliphatic hydroxyl groups is 1. The minimum atomic E-state index is -4.33. The SMILES string of the molecule is CCCCCCCCCCCCCCCCCCCC/C=C/CC/C=C/CC/C=C/C(O)C(COP(=O)(O)OCC[N+](C)(C)C)NC(=O)CCCCCCC. The van der Waals surface area contributed by atoms with E-state index in [0.29, 0.717) is 17.4 Å². The van der Waals surface area contributed by atoms with Crippen molar-refractivity contribution in [3.8, 4) is 0 Å². The summed E-state index contributed by atoms with van der Waals surface area (Å²) in [7, 11) is 1.54. The number of nitrogens with zero attached hydrogens (tertiary/aromatic N) is 1. The van der Waals surface area contributed by atoms with Crippen molar-refractivity contribution >= 4 is 13.7 Å². The molecule has 0 aromatic heterocycles. The van der Waals surface area contributed by atoms with Gasteiger partial charge in [-0.3, -0.25) is 13.8 Å². The fraction of sp³-hybridized carbons (Fsp3) is 0.848. The van der Waals surface area contributed by atoms with Crippen molar-refractivity contribution < 1.29 is 32.9 Å². The Morgan fingerprint density at radius 1 is 0.600 bits per heavy atom. The Morgan fingerprint density at radius 3 is 1.45 bits per heavy atom. The van der Waals surface area contributed by atoms with E-state index in [2.05, 4.69) is 43.5 Å². The van der Waals surface area contributed by atoms with Gasteiger partial charge in [0, 0.05) is 6.42 Å². The van der Waals surface area contributed by atoms with Crippen LogP contribution in [0, 0.1) is 0 Å². The van der Waals surface area contributed by atoms with Gasteiger partial charge in [-0.05, 0) is 44.9 Å². The number of quaternary nitrogens is 1. The number of aliphatic hydroxyl groups excluding tert-OH is 1. The van der Waals surface area contributed by atoms with Crippen LogP contribution in [-0.4, -0.2) is 73.4 Å². The van der Waals surface area contributed by atoms with E-state index in [1.807, 2.05) is 27.2 Å². The zero-order valence-electron chi connectivity index (χ0n) is 36.7. The number of allylic oxidation sites excluding steroid dienone is 5. The van der Waals surface area contributed by atoms with Gasteiger partial charge in [0.1, 0.15) is 13.2 Å². The lowest BCUT2D eigenvalue weighted by molar-refractivity contribution is -0.870. The fourth-order valence-electron chi connectivity index (χ4n) is 6.43. The molecule has 3 unspecified atom stereocenters. The van der Waals surface area contributed by atoms with Gasteiger partial charge in [-0.2, -0.15) is 0 Å². The van der Waals surface area contributed by atoms with Crippen LogP contribution in [0.4, 0.5) is 0 Å².